The number of nitrogens with one attached hydrogen (secondary N) is 1. The molecule has 1 unspecified atom stereocenters. The third-order valence-corrected chi connectivity index (χ3v) is 5.61. The van der Waals surface area contributed by atoms with E-state index >= 15 is 0 Å². The number of aryl methyl sites for hydroxylation is 1. The summed E-state index contributed by atoms with van der Waals surface area (Å²) in [4.78, 5) is 12.9. The molecule has 1 atom stereocenters. The number of rotatable bonds is 6. The predicted octanol–water partition coefficient (Wildman–Crippen LogP) is 3.66. The molecule has 0 spiro atoms. The summed E-state index contributed by atoms with van der Waals surface area (Å²) in [5.41, 5.74) is 8.08. The van der Waals surface area contributed by atoms with E-state index in [1.807, 2.05) is 42.7 Å². The zero-order chi connectivity index (χ0) is 20.3. The van der Waals surface area contributed by atoms with Crippen LogP contribution >= 0.6 is 0 Å². The van der Waals surface area contributed by atoms with Gasteiger partial charge in [-0.2, -0.15) is 0 Å². The first-order valence-electron chi connectivity index (χ1n) is 10.2. The third kappa shape index (κ3) is 3.91. The standard InChI is InChI=1S/C23H24N6O/c24-23-20-2-1-19(13-18(20)4-7-27-23)28-14-16-3-6-26-22(12-16)30-15-17-5-9-29-10-8-25-21(29)11-17/h1-4,6-8,10,12-13,17,28H,5,9,11,14-15H2,(H2,24,27). The molecule has 0 saturated heterocycles. The molecule has 0 amide bonds. The maximum absolute atomic E-state index is 6.00. The van der Waals surface area contributed by atoms with Crippen molar-refractivity contribution < 1.29 is 4.74 Å². The largest absolute Gasteiger partial charge is 0.477 e. The fourth-order valence-electron chi connectivity index (χ4n) is 3.92. The van der Waals surface area contributed by atoms with E-state index in [0.29, 0.717) is 30.8 Å². The molecular weight excluding hydrogens is 376 g/mol. The van der Waals surface area contributed by atoms with E-state index in [0.717, 1.165) is 47.2 Å². The lowest BCUT2D eigenvalue weighted by Crippen LogP contribution is -2.24. The van der Waals surface area contributed by atoms with Crippen LogP contribution in [-0.4, -0.2) is 26.1 Å². The van der Waals surface area contributed by atoms with E-state index in [2.05, 4.69) is 30.9 Å². The normalized spacial score (nSPS) is 15.7. The maximum atomic E-state index is 6.00. The molecule has 1 aliphatic rings. The number of anilines is 2. The Hall–Kier alpha value is -3.61. The number of ether oxygens (including phenoxy) is 1. The minimum atomic E-state index is 0.475. The van der Waals surface area contributed by atoms with Crippen molar-refractivity contribution in [2.75, 3.05) is 17.7 Å². The van der Waals surface area contributed by atoms with Crippen molar-refractivity contribution in [1.82, 2.24) is 19.5 Å². The molecule has 0 radical (unpaired) electrons. The number of nitrogens with two attached hydrogens (primary N) is 1. The highest BCUT2D eigenvalue weighted by molar-refractivity contribution is 5.92. The molecule has 30 heavy (non-hydrogen) atoms. The van der Waals surface area contributed by atoms with Gasteiger partial charge in [0.05, 0.1) is 6.61 Å². The SMILES string of the molecule is Nc1nccc2cc(NCc3ccnc(OCC4CCn5ccnc5C4)c3)ccc12. The molecule has 4 heterocycles. The van der Waals surface area contributed by atoms with Gasteiger partial charge < -0.3 is 20.4 Å². The lowest BCUT2D eigenvalue weighted by Gasteiger charge is -2.23. The lowest BCUT2D eigenvalue weighted by atomic mass is 9.99. The molecule has 7 nitrogen and oxygen atoms in total. The van der Waals surface area contributed by atoms with Crippen molar-refractivity contribution in [3.8, 4) is 5.88 Å². The second kappa shape index (κ2) is 8.02. The van der Waals surface area contributed by atoms with Crippen LogP contribution in [-0.2, 0) is 19.5 Å². The molecule has 3 aromatic heterocycles. The smallest absolute Gasteiger partial charge is 0.213 e. The molecule has 0 saturated carbocycles. The molecular formula is C23H24N6O. The quantitative estimate of drug-likeness (QED) is 0.513. The summed E-state index contributed by atoms with van der Waals surface area (Å²) in [5, 5.41) is 5.49. The van der Waals surface area contributed by atoms with Crippen molar-refractivity contribution in [2.24, 2.45) is 5.92 Å². The lowest BCUT2D eigenvalue weighted by molar-refractivity contribution is 0.212. The Bertz CT molecular complexity index is 1170. The summed E-state index contributed by atoms with van der Waals surface area (Å²) < 4.78 is 8.22. The highest BCUT2D eigenvalue weighted by Gasteiger charge is 2.19. The van der Waals surface area contributed by atoms with Gasteiger partial charge >= 0.3 is 0 Å². The summed E-state index contributed by atoms with van der Waals surface area (Å²) in [6, 6.07) is 12.1. The van der Waals surface area contributed by atoms with Crippen molar-refractivity contribution in [2.45, 2.75) is 25.9 Å². The molecule has 0 bridgehead atoms. The molecule has 3 N–H and O–H groups in total. The number of aromatic nitrogens is 4. The summed E-state index contributed by atoms with van der Waals surface area (Å²) in [7, 11) is 0. The topological polar surface area (TPSA) is 90.9 Å². The molecule has 5 rings (SSSR count). The van der Waals surface area contributed by atoms with Crippen molar-refractivity contribution in [1.29, 1.82) is 0 Å². The number of fused-ring (bicyclic) bond motifs is 2. The van der Waals surface area contributed by atoms with Gasteiger partial charge in [-0.1, -0.05) is 0 Å². The fraction of sp³-hybridized carbons (Fsp3) is 0.261. The van der Waals surface area contributed by atoms with Gasteiger partial charge in [0, 0.05) is 67.4 Å². The van der Waals surface area contributed by atoms with Gasteiger partial charge in [-0.3, -0.25) is 0 Å². The van der Waals surface area contributed by atoms with Crippen molar-refractivity contribution in [3.05, 3.63) is 72.6 Å². The van der Waals surface area contributed by atoms with Crippen LogP contribution in [0.4, 0.5) is 11.5 Å². The van der Waals surface area contributed by atoms with Crippen LogP contribution in [0.3, 0.4) is 0 Å². The van der Waals surface area contributed by atoms with Crippen LogP contribution in [0.2, 0.25) is 0 Å². The summed E-state index contributed by atoms with van der Waals surface area (Å²) >= 11 is 0. The van der Waals surface area contributed by atoms with Crippen molar-refractivity contribution in [3.63, 3.8) is 0 Å². The number of nitrogen functional groups attached to an aromatic ring is 1. The number of hydrogen-bond donors (Lipinski definition) is 2. The minimum Gasteiger partial charge on any atom is -0.477 e. The summed E-state index contributed by atoms with van der Waals surface area (Å²) in [6.45, 7) is 2.36. The van der Waals surface area contributed by atoms with E-state index in [4.69, 9.17) is 10.5 Å². The molecule has 1 aliphatic heterocycles. The molecule has 7 heteroatoms. The Balaban J connectivity index is 1.19. The van der Waals surface area contributed by atoms with Crippen LogP contribution in [0.25, 0.3) is 10.8 Å². The molecule has 1 aromatic carbocycles. The van der Waals surface area contributed by atoms with Crippen molar-refractivity contribution >= 4 is 22.3 Å². The van der Waals surface area contributed by atoms with Crippen LogP contribution in [0, 0.1) is 5.92 Å². The Morgan fingerprint density at radius 2 is 2.00 bits per heavy atom. The van der Waals surface area contributed by atoms with Gasteiger partial charge in [-0.25, -0.2) is 15.0 Å². The number of pyridine rings is 2. The monoisotopic (exact) mass is 400 g/mol. The van der Waals surface area contributed by atoms with E-state index in [-0.39, 0.29) is 0 Å². The molecule has 152 valence electrons. The number of nitrogens with zero attached hydrogens (tertiary/aromatic N) is 4. The second-order valence-corrected chi connectivity index (χ2v) is 7.69. The van der Waals surface area contributed by atoms with Gasteiger partial charge in [0.15, 0.2) is 0 Å². The van der Waals surface area contributed by atoms with E-state index < -0.39 is 0 Å². The van der Waals surface area contributed by atoms with Gasteiger partial charge in [0.25, 0.3) is 0 Å². The molecule has 0 aliphatic carbocycles. The number of benzene rings is 1. The van der Waals surface area contributed by atoms with Gasteiger partial charge in [-0.15, -0.1) is 0 Å². The van der Waals surface area contributed by atoms with Gasteiger partial charge in [0.1, 0.15) is 11.6 Å². The Labute approximate surface area is 174 Å². The fourth-order valence-corrected chi connectivity index (χ4v) is 3.92. The Morgan fingerprint density at radius 3 is 2.97 bits per heavy atom. The van der Waals surface area contributed by atoms with Crippen LogP contribution < -0.4 is 15.8 Å². The first kappa shape index (κ1) is 18.4. The Morgan fingerprint density at radius 1 is 1.07 bits per heavy atom. The number of imidazole rings is 1. The first-order chi connectivity index (χ1) is 14.7. The summed E-state index contributed by atoms with van der Waals surface area (Å²) in [6.07, 6.45) is 9.51. The van der Waals surface area contributed by atoms with Crippen LogP contribution in [0.1, 0.15) is 17.8 Å². The highest BCUT2D eigenvalue weighted by atomic mass is 16.5. The molecule has 0 fully saturated rings. The second-order valence-electron chi connectivity index (χ2n) is 7.69. The Kier molecular flexibility index (Phi) is 4.93. The summed E-state index contributed by atoms with van der Waals surface area (Å²) in [5.74, 6) is 2.84. The average Bonchev–Trinajstić information content (AvgIpc) is 3.25. The first-order valence-corrected chi connectivity index (χ1v) is 10.2. The zero-order valence-corrected chi connectivity index (χ0v) is 16.7. The molecule has 4 aromatic rings. The third-order valence-electron chi connectivity index (χ3n) is 5.61. The van der Waals surface area contributed by atoms with E-state index in [1.54, 1.807) is 12.4 Å². The van der Waals surface area contributed by atoms with Crippen LogP contribution in [0.15, 0.2) is 61.2 Å². The highest BCUT2D eigenvalue weighted by Crippen LogP contribution is 2.23. The van der Waals surface area contributed by atoms with E-state index in [9.17, 15) is 0 Å². The van der Waals surface area contributed by atoms with Gasteiger partial charge in [-0.05, 0) is 47.7 Å². The number of hydrogen-bond acceptors (Lipinski definition) is 6. The van der Waals surface area contributed by atoms with Crippen LogP contribution in [0.5, 0.6) is 5.88 Å². The van der Waals surface area contributed by atoms with Gasteiger partial charge in [0.2, 0.25) is 5.88 Å². The zero-order valence-electron chi connectivity index (χ0n) is 16.7. The average molecular weight is 400 g/mol. The van der Waals surface area contributed by atoms with E-state index in [1.165, 1.54) is 0 Å². The maximum Gasteiger partial charge on any atom is 0.213 e. The predicted molar refractivity (Wildman–Crippen MR) is 117 cm³/mol. The minimum absolute atomic E-state index is 0.475.